The van der Waals surface area contributed by atoms with Crippen LogP contribution in [0.15, 0.2) is 30.3 Å². The SMILES string of the molecule is CCOc1cc2c(cc1NC(=O)c1cccc(NC(C)=O)n1)OC(C)C2. The second kappa shape index (κ2) is 7.43. The molecule has 1 aromatic heterocycles. The van der Waals surface area contributed by atoms with Gasteiger partial charge in [-0.1, -0.05) is 6.07 Å². The fourth-order valence-electron chi connectivity index (χ4n) is 2.81. The Bertz CT molecular complexity index is 851. The maximum atomic E-state index is 12.6. The van der Waals surface area contributed by atoms with E-state index in [1.165, 1.54) is 6.92 Å². The molecule has 7 nitrogen and oxygen atoms in total. The number of benzene rings is 1. The summed E-state index contributed by atoms with van der Waals surface area (Å²) in [5.41, 5.74) is 1.77. The number of pyridine rings is 1. The lowest BCUT2D eigenvalue weighted by molar-refractivity contribution is -0.114. The van der Waals surface area contributed by atoms with Crippen LogP contribution in [0.5, 0.6) is 11.5 Å². The van der Waals surface area contributed by atoms with E-state index in [4.69, 9.17) is 9.47 Å². The first-order chi connectivity index (χ1) is 12.5. The van der Waals surface area contributed by atoms with Gasteiger partial charge in [0, 0.05) is 25.0 Å². The highest BCUT2D eigenvalue weighted by Crippen LogP contribution is 2.38. The molecule has 2 amide bonds. The minimum Gasteiger partial charge on any atom is -0.492 e. The molecule has 2 heterocycles. The van der Waals surface area contributed by atoms with Crippen LogP contribution in [0.25, 0.3) is 0 Å². The summed E-state index contributed by atoms with van der Waals surface area (Å²) in [4.78, 5) is 27.9. The molecular formula is C19H21N3O4. The number of rotatable bonds is 5. The Morgan fingerprint density at radius 1 is 1.31 bits per heavy atom. The number of hydrogen-bond acceptors (Lipinski definition) is 5. The fourth-order valence-corrected chi connectivity index (χ4v) is 2.81. The highest BCUT2D eigenvalue weighted by molar-refractivity contribution is 6.04. The maximum Gasteiger partial charge on any atom is 0.274 e. The van der Waals surface area contributed by atoms with Crippen LogP contribution in [0.3, 0.4) is 0 Å². The molecule has 0 spiro atoms. The quantitative estimate of drug-likeness (QED) is 0.860. The number of nitrogens with zero attached hydrogens (tertiary/aromatic N) is 1. The molecule has 2 aromatic rings. The summed E-state index contributed by atoms with van der Waals surface area (Å²) in [6.07, 6.45) is 0.908. The summed E-state index contributed by atoms with van der Waals surface area (Å²) >= 11 is 0. The van der Waals surface area contributed by atoms with Crippen molar-refractivity contribution in [1.29, 1.82) is 0 Å². The molecule has 2 N–H and O–H groups in total. The van der Waals surface area contributed by atoms with Crippen molar-refractivity contribution in [3.63, 3.8) is 0 Å². The monoisotopic (exact) mass is 355 g/mol. The maximum absolute atomic E-state index is 12.6. The number of amides is 2. The normalized spacial score (nSPS) is 15.0. The Morgan fingerprint density at radius 3 is 2.85 bits per heavy atom. The fraction of sp³-hybridized carbons (Fsp3) is 0.316. The second-order valence-corrected chi connectivity index (χ2v) is 6.07. The van der Waals surface area contributed by atoms with Gasteiger partial charge in [0.15, 0.2) is 0 Å². The van der Waals surface area contributed by atoms with Gasteiger partial charge in [-0.25, -0.2) is 4.98 Å². The minimum atomic E-state index is -0.399. The van der Waals surface area contributed by atoms with Gasteiger partial charge in [-0.05, 0) is 32.0 Å². The lowest BCUT2D eigenvalue weighted by Gasteiger charge is -2.13. The zero-order chi connectivity index (χ0) is 18.7. The van der Waals surface area contributed by atoms with Gasteiger partial charge in [-0.3, -0.25) is 9.59 Å². The number of ether oxygens (including phenoxy) is 2. The molecule has 26 heavy (non-hydrogen) atoms. The minimum absolute atomic E-state index is 0.0985. The summed E-state index contributed by atoms with van der Waals surface area (Å²) in [6, 6.07) is 8.53. The molecule has 0 bridgehead atoms. The zero-order valence-corrected chi connectivity index (χ0v) is 15.0. The molecule has 0 fully saturated rings. The molecule has 0 aliphatic carbocycles. The van der Waals surface area contributed by atoms with E-state index in [1.54, 1.807) is 24.3 Å². The third-order valence-electron chi connectivity index (χ3n) is 3.83. The van der Waals surface area contributed by atoms with Crippen LogP contribution < -0.4 is 20.1 Å². The van der Waals surface area contributed by atoms with Crippen molar-refractivity contribution in [2.75, 3.05) is 17.2 Å². The van der Waals surface area contributed by atoms with Gasteiger partial charge in [-0.2, -0.15) is 0 Å². The van der Waals surface area contributed by atoms with E-state index in [0.29, 0.717) is 23.9 Å². The number of carbonyl (C=O) groups excluding carboxylic acids is 2. The molecule has 0 saturated heterocycles. The van der Waals surface area contributed by atoms with Crippen molar-refractivity contribution in [2.24, 2.45) is 0 Å². The van der Waals surface area contributed by atoms with Crippen LogP contribution >= 0.6 is 0 Å². The van der Waals surface area contributed by atoms with Gasteiger partial charge in [0.25, 0.3) is 5.91 Å². The van der Waals surface area contributed by atoms with Gasteiger partial charge >= 0.3 is 0 Å². The Kier molecular flexibility index (Phi) is 5.06. The first kappa shape index (κ1) is 17.7. The van der Waals surface area contributed by atoms with Gasteiger partial charge in [0.2, 0.25) is 5.91 Å². The van der Waals surface area contributed by atoms with E-state index in [-0.39, 0.29) is 17.7 Å². The van der Waals surface area contributed by atoms with Crippen LogP contribution in [0.2, 0.25) is 0 Å². The van der Waals surface area contributed by atoms with E-state index >= 15 is 0 Å². The lowest BCUT2D eigenvalue weighted by Crippen LogP contribution is -2.16. The predicted molar refractivity (Wildman–Crippen MR) is 97.9 cm³/mol. The molecule has 136 valence electrons. The number of anilines is 2. The van der Waals surface area contributed by atoms with E-state index in [1.807, 2.05) is 19.9 Å². The van der Waals surface area contributed by atoms with E-state index < -0.39 is 5.91 Å². The van der Waals surface area contributed by atoms with Crippen molar-refractivity contribution in [3.05, 3.63) is 41.6 Å². The number of fused-ring (bicyclic) bond motifs is 1. The number of nitrogens with one attached hydrogen (secondary N) is 2. The van der Waals surface area contributed by atoms with Crippen LogP contribution in [0.4, 0.5) is 11.5 Å². The van der Waals surface area contributed by atoms with Gasteiger partial charge < -0.3 is 20.1 Å². The molecule has 1 aromatic carbocycles. The topological polar surface area (TPSA) is 89.6 Å². The Morgan fingerprint density at radius 2 is 2.12 bits per heavy atom. The molecule has 1 aliphatic heterocycles. The molecule has 0 saturated carbocycles. The van der Waals surface area contributed by atoms with E-state index in [2.05, 4.69) is 15.6 Å². The van der Waals surface area contributed by atoms with Crippen LogP contribution in [0, 0.1) is 0 Å². The lowest BCUT2D eigenvalue weighted by atomic mass is 10.1. The number of carbonyl (C=O) groups is 2. The smallest absolute Gasteiger partial charge is 0.274 e. The second-order valence-electron chi connectivity index (χ2n) is 6.07. The molecule has 1 aliphatic rings. The molecule has 0 radical (unpaired) electrons. The number of aromatic nitrogens is 1. The van der Waals surface area contributed by atoms with Crippen LogP contribution in [-0.4, -0.2) is 29.5 Å². The zero-order valence-electron chi connectivity index (χ0n) is 15.0. The highest BCUT2D eigenvalue weighted by atomic mass is 16.5. The van der Waals surface area contributed by atoms with Crippen molar-refractivity contribution in [1.82, 2.24) is 4.98 Å². The van der Waals surface area contributed by atoms with Crippen molar-refractivity contribution in [2.45, 2.75) is 33.3 Å². The molecule has 1 unspecified atom stereocenters. The van der Waals surface area contributed by atoms with Gasteiger partial charge in [-0.15, -0.1) is 0 Å². The largest absolute Gasteiger partial charge is 0.492 e. The Labute approximate surface area is 151 Å². The highest BCUT2D eigenvalue weighted by Gasteiger charge is 2.23. The average molecular weight is 355 g/mol. The summed E-state index contributed by atoms with van der Waals surface area (Å²) in [7, 11) is 0. The first-order valence-electron chi connectivity index (χ1n) is 8.48. The van der Waals surface area contributed by atoms with Crippen molar-refractivity contribution >= 4 is 23.3 Å². The third-order valence-corrected chi connectivity index (χ3v) is 3.83. The van der Waals surface area contributed by atoms with Gasteiger partial charge in [0.1, 0.15) is 29.1 Å². The summed E-state index contributed by atoms with van der Waals surface area (Å²) in [6.45, 7) is 5.75. The van der Waals surface area contributed by atoms with E-state index in [0.717, 1.165) is 17.7 Å². The molecule has 1 atom stereocenters. The third kappa shape index (κ3) is 3.93. The van der Waals surface area contributed by atoms with Crippen molar-refractivity contribution < 1.29 is 19.1 Å². The molecule has 3 rings (SSSR count). The van der Waals surface area contributed by atoms with Crippen LogP contribution in [-0.2, 0) is 11.2 Å². The van der Waals surface area contributed by atoms with Crippen molar-refractivity contribution in [3.8, 4) is 11.5 Å². The molecule has 7 heteroatoms. The summed E-state index contributed by atoms with van der Waals surface area (Å²) in [5, 5.41) is 5.38. The van der Waals surface area contributed by atoms with E-state index in [9.17, 15) is 9.59 Å². The van der Waals surface area contributed by atoms with Gasteiger partial charge in [0.05, 0.1) is 12.3 Å². The van der Waals surface area contributed by atoms with Crippen LogP contribution in [0.1, 0.15) is 36.8 Å². The first-order valence-corrected chi connectivity index (χ1v) is 8.48. The molecular weight excluding hydrogens is 334 g/mol. The summed E-state index contributed by atoms with van der Waals surface area (Å²) < 4.78 is 11.4. The summed E-state index contributed by atoms with van der Waals surface area (Å²) in [5.74, 6) is 1.01. The Hall–Kier alpha value is -3.09. The predicted octanol–water partition coefficient (Wildman–Crippen LogP) is 3.01. The Balaban J connectivity index is 1.85. The average Bonchev–Trinajstić information content (AvgIpc) is 2.94. The standard InChI is InChI=1S/C19H21N3O4/c1-4-25-17-9-13-8-11(2)26-16(13)10-15(17)22-19(24)14-6-5-7-18(21-14)20-12(3)23/h5-7,9-11H,4,8H2,1-3H3,(H,22,24)(H,20,21,23). The number of hydrogen-bond donors (Lipinski definition) is 2.